The van der Waals surface area contributed by atoms with Crippen molar-refractivity contribution >= 4 is 28.9 Å². The molecule has 0 aromatic heterocycles. The van der Waals surface area contributed by atoms with Crippen LogP contribution in [0, 0.1) is 5.82 Å². The van der Waals surface area contributed by atoms with Crippen molar-refractivity contribution < 1.29 is 9.18 Å². The third kappa shape index (κ3) is 4.58. The van der Waals surface area contributed by atoms with Crippen molar-refractivity contribution in [2.75, 3.05) is 10.6 Å². The van der Waals surface area contributed by atoms with Crippen LogP contribution in [-0.4, -0.2) is 5.91 Å². The molecule has 126 valence electrons. The number of hydrogen-bond acceptors (Lipinski definition) is 2. The second-order valence-corrected chi connectivity index (χ2v) is 5.89. The van der Waals surface area contributed by atoms with Crippen molar-refractivity contribution in [3.8, 4) is 0 Å². The molecule has 0 radical (unpaired) electrons. The van der Waals surface area contributed by atoms with Crippen molar-refractivity contribution in [3.05, 3.63) is 94.8 Å². The summed E-state index contributed by atoms with van der Waals surface area (Å²) in [5, 5.41) is 6.73. The van der Waals surface area contributed by atoms with E-state index in [-0.39, 0.29) is 11.5 Å². The third-order valence-electron chi connectivity index (χ3n) is 3.67. The lowest BCUT2D eigenvalue weighted by Crippen LogP contribution is -2.12. The van der Waals surface area contributed by atoms with Crippen LogP contribution in [0.1, 0.15) is 15.9 Å². The van der Waals surface area contributed by atoms with Gasteiger partial charge in [0.25, 0.3) is 5.91 Å². The van der Waals surface area contributed by atoms with Gasteiger partial charge in [0.05, 0.1) is 0 Å². The first-order chi connectivity index (χ1) is 12.1. The number of hydrogen-bond donors (Lipinski definition) is 2. The van der Waals surface area contributed by atoms with Crippen molar-refractivity contribution in [3.63, 3.8) is 0 Å². The fraction of sp³-hybridized carbons (Fsp3) is 0.0500. The van der Waals surface area contributed by atoms with Crippen LogP contribution in [0.3, 0.4) is 0 Å². The summed E-state index contributed by atoms with van der Waals surface area (Å²) in [6.45, 7) is 0.606. The van der Waals surface area contributed by atoms with Crippen LogP contribution in [0.25, 0.3) is 0 Å². The molecule has 0 fully saturated rings. The molecule has 0 aliphatic heterocycles. The predicted molar refractivity (Wildman–Crippen MR) is 99.6 cm³/mol. The molecule has 0 bridgehead atoms. The number of rotatable bonds is 5. The Hall–Kier alpha value is -2.85. The number of anilines is 2. The summed E-state index contributed by atoms with van der Waals surface area (Å²) in [6.07, 6.45) is 0. The molecule has 1 amide bonds. The molecule has 3 rings (SSSR count). The largest absolute Gasteiger partial charge is 0.381 e. The smallest absolute Gasteiger partial charge is 0.255 e. The van der Waals surface area contributed by atoms with E-state index in [1.54, 1.807) is 18.2 Å². The molecule has 0 saturated carbocycles. The van der Waals surface area contributed by atoms with E-state index in [0.717, 1.165) is 11.3 Å². The summed E-state index contributed by atoms with van der Waals surface area (Å²) in [7, 11) is 0. The molecule has 0 atom stereocenters. The minimum atomic E-state index is -0.438. The zero-order valence-corrected chi connectivity index (χ0v) is 14.1. The average molecular weight is 355 g/mol. The van der Waals surface area contributed by atoms with E-state index >= 15 is 0 Å². The van der Waals surface area contributed by atoms with Crippen molar-refractivity contribution in [2.45, 2.75) is 6.54 Å². The van der Waals surface area contributed by atoms with E-state index in [1.807, 2.05) is 36.4 Å². The van der Waals surface area contributed by atoms with Crippen LogP contribution in [0.5, 0.6) is 0 Å². The summed E-state index contributed by atoms with van der Waals surface area (Å²) in [4.78, 5) is 12.1. The highest BCUT2D eigenvalue weighted by molar-refractivity contribution is 6.31. The van der Waals surface area contributed by atoms with Crippen molar-refractivity contribution in [1.29, 1.82) is 0 Å². The molecule has 0 heterocycles. The van der Waals surface area contributed by atoms with Gasteiger partial charge in [-0.05, 0) is 54.1 Å². The van der Waals surface area contributed by atoms with Crippen LogP contribution in [0.2, 0.25) is 5.02 Å². The summed E-state index contributed by atoms with van der Waals surface area (Å²) < 4.78 is 13.2. The van der Waals surface area contributed by atoms with Gasteiger partial charge in [-0.25, -0.2) is 4.39 Å². The zero-order valence-electron chi connectivity index (χ0n) is 13.3. The van der Waals surface area contributed by atoms with Gasteiger partial charge < -0.3 is 10.6 Å². The molecule has 0 spiro atoms. The fourth-order valence-corrected chi connectivity index (χ4v) is 2.55. The Bertz CT molecular complexity index is 881. The number of amides is 1. The number of halogens is 2. The molecule has 0 unspecified atom stereocenters. The van der Waals surface area contributed by atoms with Gasteiger partial charge in [-0.1, -0.05) is 35.9 Å². The van der Waals surface area contributed by atoms with Crippen LogP contribution in [0.15, 0.2) is 72.8 Å². The molecule has 0 saturated heterocycles. The standard InChI is InChI=1S/C20H16ClFN2O/c21-19-7-2-1-4-15(19)13-23-17-8-10-18(11-9-17)24-20(25)14-5-3-6-16(22)12-14/h1-12,23H,13H2,(H,24,25). The molecule has 3 aromatic carbocycles. The topological polar surface area (TPSA) is 41.1 Å². The maximum Gasteiger partial charge on any atom is 0.255 e. The van der Waals surface area contributed by atoms with Crippen LogP contribution in [0.4, 0.5) is 15.8 Å². The second-order valence-electron chi connectivity index (χ2n) is 5.49. The quantitative estimate of drug-likeness (QED) is 0.649. The lowest BCUT2D eigenvalue weighted by molar-refractivity contribution is 0.102. The fourth-order valence-electron chi connectivity index (χ4n) is 2.34. The van der Waals surface area contributed by atoms with Crippen molar-refractivity contribution in [2.24, 2.45) is 0 Å². The molecular weight excluding hydrogens is 339 g/mol. The van der Waals surface area contributed by atoms with Gasteiger partial charge in [0, 0.05) is 28.5 Å². The Morgan fingerprint density at radius 3 is 2.36 bits per heavy atom. The summed E-state index contributed by atoms with van der Waals surface area (Å²) in [5.41, 5.74) is 2.83. The highest BCUT2D eigenvalue weighted by Gasteiger charge is 2.07. The van der Waals surface area contributed by atoms with E-state index < -0.39 is 5.82 Å². The summed E-state index contributed by atoms with van der Waals surface area (Å²) in [6, 6.07) is 20.5. The van der Waals surface area contributed by atoms with Gasteiger partial charge in [-0.2, -0.15) is 0 Å². The predicted octanol–water partition coefficient (Wildman–Crippen LogP) is 5.34. The van der Waals surface area contributed by atoms with Crippen LogP contribution in [-0.2, 0) is 6.54 Å². The van der Waals surface area contributed by atoms with E-state index in [1.165, 1.54) is 18.2 Å². The molecule has 0 aliphatic rings. The number of carbonyl (C=O) groups is 1. The molecule has 3 aromatic rings. The Kier molecular flexibility index (Phi) is 5.31. The minimum Gasteiger partial charge on any atom is -0.381 e. The summed E-state index contributed by atoms with van der Waals surface area (Å²) >= 11 is 6.13. The molecular formula is C20H16ClFN2O. The van der Waals surface area contributed by atoms with Crippen LogP contribution >= 0.6 is 11.6 Å². The minimum absolute atomic E-state index is 0.279. The van der Waals surface area contributed by atoms with Gasteiger partial charge in [-0.3, -0.25) is 4.79 Å². The van der Waals surface area contributed by atoms with E-state index in [4.69, 9.17) is 11.6 Å². The number of carbonyl (C=O) groups excluding carboxylic acids is 1. The average Bonchev–Trinajstić information content (AvgIpc) is 2.62. The Morgan fingerprint density at radius 2 is 1.64 bits per heavy atom. The van der Waals surface area contributed by atoms with Gasteiger partial charge >= 0.3 is 0 Å². The molecule has 0 aliphatic carbocycles. The lowest BCUT2D eigenvalue weighted by atomic mass is 10.2. The SMILES string of the molecule is O=C(Nc1ccc(NCc2ccccc2Cl)cc1)c1cccc(F)c1. The lowest BCUT2D eigenvalue weighted by Gasteiger charge is -2.10. The molecule has 25 heavy (non-hydrogen) atoms. The normalized spacial score (nSPS) is 10.3. The third-order valence-corrected chi connectivity index (χ3v) is 4.04. The Labute approximate surface area is 150 Å². The first-order valence-corrected chi connectivity index (χ1v) is 8.14. The van der Waals surface area contributed by atoms with E-state index in [9.17, 15) is 9.18 Å². The molecule has 5 heteroatoms. The monoisotopic (exact) mass is 354 g/mol. The zero-order chi connectivity index (χ0) is 17.6. The van der Waals surface area contributed by atoms with Gasteiger partial charge in [0.15, 0.2) is 0 Å². The number of benzene rings is 3. The van der Waals surface area contributed by atoms with Crippen LogP contribution < -0.4 is 10.6 Å². The first-order valence-electron chi connectivity index (χ1n) is 7.76. The maximum absolute atomic E-state index is 13.2. The summed E-state index contributed by atoms with van der Waals surface area (Å²) in [5.74, 6) is -0.789. The van der Waals surface area contributed by atoms with Gasteiger partial charge in [0.1, 0.15) is 5.82 Å². The number of nitrogens with one attached hydrogen (secondary N) is 2. The highest BCUT2D eigenvalue weighted by Crippen LogP contribution is 2.19. The van der Waals surface area contributed by atoms with E-state index in [2.05, 4.69) is 10.6 Å². The Balaban J connectivity index is 1.60. The molecule has 3 nitrogen and oxygen atoms in total. The molecule has 2 N–H and O–H groups in total. The highest BCUT2D eigenvalue weighted by atomic mass is 35.5. The maximum atomic E-state index is 13.2. The van der Waals surface area contributed by atoms with Crippen molar-refractivity contribution in [1.82, 2.24) is 0 Å². The first kappa shape index (κ1) is 17.0. The second kappa shape index (κ2) is 7.81. The van der Waals surface area contributed by atoms with Gasteiger partial charge in [-0.15, -0.1) is 0 Å². The Morgan fingerprint density at radius 1 is 0.920 bits per heavy atom. The van der Waals surface area contributed by atoms with Gasteiger partial charge in [0.2, 0.25) is 0 Å². The van der Waals surface area contributed by atoms with E-state index in [0.29, 0.717) is 17.3 Å².